The van der Waals surface area contributed by atoms with Crippen LogP contribution in [0.2, 0.25) is 0 Å². The topological polar surface area (TPSA) is 21.3 Å². The normalized spacial score (nSPS) is 20.9. The van der Waals surface area contributed by atoms with Crippen molar-refractivity contribution in [2.75, 3.05) is 24.7 Å². The van der Waals surface area contributed by atoms with Crippen molar-refractivity contribution >= 4 is 11.8 Å². The van der Waals surface area contributed by atoms with Crippen LogP contribution in [0.5, 0.6) is 0 Å². The molecule has 1 fully saturated rings. The van der Waals surface area contributed by atoms with Crippen LogP contribution in [0.25, 0.3) is 0 Å². The van der Waals surface area contributed by atoms with E-state index in [-0.39, 0.29) is 18.0 Å². The van der Waals surface area contributed by atoms with E-state index in [2.05, 4.69) is 12.2 Å². The molecule has 0 spiro atoms. The summed E-state index contributed by atoms with van der Waals surface area (Å²) < 4.78 is 19.3. The fourth-order valence-corrected chi connectivity index (χ4v) is 3.44. The van der Waals surface area contributed by atoms with Gasteiger partial charge in [-0.3, -0.25) is 0 Å². The molecule has 2 atom stereocenters. The molecule has 0 aliphatic carbocycles. The number of thioether (sulfide) groups is 1. The first kappa shape index (κ1) is 15.8. The van der Waals surface area contributed by atoms with Crippen LogP contribution in [0.15, 0.2) is 18.2 Å². The van der Waals surface area contributed by atoms with E-state index in [1.807, 2.05) is 24.8 Å². The quantitative estimate of drug-likeness (QED) is 0.871. The maximum atomic E-state index is 13.4. The predicted molar refractivity (Wildman–Crippen MR) is 84.0 cm³/mol. The number of benzene rings is 1. The van der Waals surface area contributed by atoms with E-state index in [9.17, 15) is 4.39 Å². The molecule has 4 heteroatoms. The van der Waals surface area contributed by atoms with Crippen molar-refractivity contribution < 1.29 is 9.13 Å². The lowest BCUT2D eigenvalue weighted by Crippen LogP contribution is -2.46. The third-order valence-corrected chi connectivity index (χ3v) is 4.72. The highest BCUT2D eigenvalue weighted by Gasteiger charge is 2.25. The standard InChI is InChI=1S/C16H24FNOS/c1-3-6-18-15(16-11-20-8-7-19-16)10-13-9-14(17)5-4-12(13)2/h4-5,9,15-16,18H,3,6-8,10-11H2,1-2H3. The largest absolute Gasteiger partial charge is 0.375 e. The molecule has 0 bridgehead atoms. The zero-order chi connectivity index (χ0) is 14.4. The Labute approximate surface area is 125 Å². The minimum atomic E-state index is -0.154. The molecular formula is C16H24FNOS. The van der Waals surface area contributed by atoms with E-state index in [0.717, 1.165) is 48.6 Å². The van der Waals surface area contributed by atoms with Gasteiger partial charge in [0.25, 0.3) is 0 Å². The van der Waals surface area contributed by atoms with Crippen LogP contribution in [0.3, 0.4) is 0 Å². The Bertz CT molecular complexity index is 421. The number of hydrogen-bond acceptors (Lipinski definition) is 3. The first-order valence-corrected chi connectivity index (χ1v) is 8.54. The van der Waals surface area contributed by atoms with Crippen molar-refractivity contribution in [1.29, 1.82) is 0 Å². The molecule has 112 valence electrons. The number of nitrogens with one attached hydrogen (secondary N) is 1. The van der Waals surface area contributed by atoms with Gasteiger partial charge in [-0.1, -0.05) is 13.0 Å². The van der Waals surface area contributed by atoms with Crippen LogP contribution in [-0.4, -0.2) is 36.8 Å². The highest BCUT2D eigenvalue weighted by molar-refractivity contribution is 7.99. The molecule has 0 saturated carbocycles. The Morgan fingerprint density at radius 2 is 2.35 bits per heavy atom. The number of halogens is 1. The first-order valence-electron chi connectivity index (χ1n) is 7.38. The van der Waals surface area contributed by atoms with Crippen molar-refractivity contribution in [3.05, 3.63) is 35.1 Å². The lowest BCUT2D eigenvalue weighted by Gasteiger charge is -2.31. The molecule has 1 aliphatic rings. The SMILES string of the molecule is CCCNC(Cc1cc(F)ccc1C)C1CSCCO1. The second-order valence-electron chi connectivity index (χ2n) is 5.32. The number of aryl methyl sites for hydroxylation is 1. The van der Waals surface area contributed by atoms with E-state index in [4.69, 9.17) is 4.74 Å². The van der Waals surface area contributed by atoms with Crippen molar-refractivity contribution in [3.63, 3.8) is 0 Å². The Balaban J connectivity index is 2.07. The summed E-state index contributed by atoms with van der Waals surface area (Å²) in [6, 6.07) is 5.31. The van der Waals surface area contributed by atoms with Gasteiger partial charge in [-0.2, -0.15) is 11.8 Å². The minimum Gasteiger partial charge on any atom is -0.375 e. The van der Waals surface area contributed by atoms with Crippen molar-refractivity contribution in [2.45, 2.75) is 38.8 Å². The second kappa shape index (κ2) is 8.01. The van der Waals surface area contributed by atoms with E-state index in [0.29, 0.717) is 0 Å². The summed E-state index contributed by atoms with van der Waals surface area (Å²) in [5.41, 5.74) is 2.23. The third-order valence-electron chi connectivity index (χ3n) is 3.70. The van der Waals surface area contributed by atoms with Gasteiger partial charge in [0.05, 0.1) is 12.7 Å². The van der Waals surface area contributed by atoms with Crippen LogP contribution >= 0.6 is 11.8 Å². The van der Waals surface area contributed by atoms with Gasteiger partial charge < -0.3 is 10.1 Å². The maximum absolute atomic E-state index is 13.4. The number of hydrogen-bond donors (Lipinski definition) is 1. The van der Waals surface area contributed by atoms with Gasteiger partial charge in [0.1, 0.15) is 5.82 Å². The molecule has 0 radical (unpaired) electrons. The third kappa shape index (κ3) is 4.47. The van der Waals surface area contributed by atoms with Gasteiger partial charge in [-0.25, -0.2) is 4.39 Å². The van der Waals surface area contributed by atoms with Gasteiger partial charge >= 0.3 is 0 Å². The van der Waals surface area contributed by atoms with Gasteiger partial charge in [-0.15, -0.1) is 0 Å². The summed E-state index contributed by atoms with van der Waals surface area (Å²) in [6.07, 6.45) is 2.15. The zero-order valence-electron chi connectivity index (χ0n) is 12.3. The Hall–Kier alpha value is -0.580. The summed E-state index contributed by atoms with van der Waals surface area (Å²) in [4.78, 5) is 0. The summed E-state index contributed by atoms with van der Waals surface area (Å²) in [6.45, 7) is 6.00. The molecule has 2 nitrogen and oxygen atoms in total. The molecular weight excluding hydrogens is 273 g/mol. The average Bonchev–Trinajstić information content (AvgIpc) is 2.48. The van der Waals surface area contributed by atoms with Crippen LogP contribution in [0.1, 0.15) is 24.5 Å². The monoisotopic (exact) mass is 297 g/mol. The molecule has 2 unspecified atom stereocenters. The Kier molecular flexibility index (Phi) is 6.33. The van der Waals surface area contributed by atoms with E-state index in [1.54, 1.807) is 6.07 Å². The highest BCUT2D eigenvalue weighted by Crippen LogP contribution is 2.20. The molecule has 2 rings (SSSR count). The van der Waals surface area contributed by atoms with Crippen molar-refractivity contribution in [2.24, 2.45) is 0 Å². The molecule has 1 heterocycles. The fraction of sp³-hybridized carbons (Fsp3) is 0.625. The van der Waals surface area contributed by atoms with Crippen LogP contribution < -0.4 is 5.32 Å². The first-order chi connectivity index (χ1) is 9.70. The summed E-state index contributed by atoms with van der Waals surface area (Å²) in [5, 5.41) is 3.57. The molecule has 1 aromatic carbocycles. The molecule has 0 amide bonds. The van der Waals surface area contributed by atoms with Gasteiger partial charge in [-0.05, 0) is 49.6 Å². The highest BCUT2D eigenvalue weighted by atomic mass is 32.2. The average molecular weight is 297 g/mol. The number of rotatable bonds is 6. The van der Waals surface area contributed by atoms with Gasteiger partial charge in [0.2, 0.25) is 0 Å². The van der Waals surface area contributed by atoms with Crippen LogP contribution in [0.4, 0.5) is 4.39 Å². The lowest BCUT2D eigenvalue weighted by atomic mass is 9.98. The van der Waals surface area contributed by atoms with Gasteiger partial charge in [0.15, 0.2) is 0 Å². The smallest absolute Gasteiger partial charge is 0.123 e. The molecule has 1 aliphatic heterocycles. The summed E-state index contributed by atoms with van der Waals surface area (Å²) >= 11 is 1.94. The van der Waals surface area contributed by atoms with E-state index >= 15 is 0 Å². The predicted octanol–water partition coefficient (Wildman–Crippen LogP) is 3.18. The van der Waals surface area contributed by atoms with E-state index in [1.165, 1.54) is 6.07 Å². The fourth-order valence-electron chi connectivity index (χ4n) is 2.50. The Morgan fingerprint density at radius 3 is 3.05 bits per heavy atom. The second-order valence-corrected chi connectivity index (χ2v) is 6.47. The molecule has 0 aromatic heterocycles. The lowest BCUT2D eigenvalue weighted by molar-refractivity contribution is 0.0471. The van der Waals surface area contributed by atoms with Crippen LogP contribution in [-0.2, 0) is 11.2 Å². The van der Waals surface area contributed by atoms with Gasteiger partial charge in [0, 0.05) is 17.5 Å². The van der Waals surface area contributed by atoms with Crippen LogP contribution in [0, 0.1) is 12.7 Å². The summed E-state index contributed by atoms with van der Waals surface area (Å²) in [7, 11) is 0. The maximum Gasteiger partial charge on any atom is 0.123 e. The molecule has 1 saturated heterocycles. The number of ether oxygens (including phenoxy) is 1. The Morgan fingerprint density at radius 1 is 1.50 bits per heavy atom. The minimum absolute atomic E-state index is 0.154. The van der Waals surface area contributed by atoms with Crippen molar-refractivity contribution in [1.82, 2.24) is 5.32 Å². The zero-order valence-corrected chi connectivity index (χ0v) is 13.1. The summed E-state index contributed by atoms with van der Waals surface area (Å²) in [5.74, 6) is 1.95. The van der Waals surface area contributed by atoms with Crippen molar-refractivity contribution in [3.8, 4) is 0 Å². The van der Waals surface area contributed by atoms with E-state index < -0.39 is 0 Å². The molecule has 20 heavy (non-hydrogen) atoms. The molecule has 1 aromatic rings. The molecule has 1 N–H and O–H groups in total.